The van der Waals surface area contributed by atoms with E-state index in [1.54, 1.807) is 5.57 Å². The molecule has 2 atom stereocenters. The van der Waals surface area contributed by atoms with Crippen molar-refractivity contribution in [1.82, 2.24) is 4.98 Å². The number of rotatable bonds is 3. The number of nitrogens with zero attached hydrogens (tertiary/aromatic N) is 1. The van der Waals surface area contributed by atoms with Crippen LogP contribution < -0.4 is 5.73 Å². The lowest BCUT2D eigenvalue weighted by molar-refractivity contribution is 0.426. The average Bonchev–Trinajstić information content (AvgIpc) is 2.52. The van der Waals surface area contributed by atoms with Gasteiger partial charge in [0, 0.05) is 22.3 Å². The second-order valence-electron chi connectivity index (χ2n) is 6.93. The smallest absolute Gasteiger partial charge is 0.0726 e. The van der Waals surface area contributed by atoms with Crippen molar-refractivity contribution >= 4 is 16.6 Å². The van der Waals surface area contributed by atoms with Crippen LogP contribution in [0.15, 0.2) is 35.9 Å². The molecule has 2 aliphatic carbocycles. The van der Waals surface area contributed by atoms with E-state index in [9.17, 15) is 0 Å². The van der Waals surface area contributed by atoms with Crippen molar-refractivity contribution in [2.75, 3.05) is 5.73 Å². The molecule has 114 valence electrons. The maximum atomic E-state index is 6.56. The molecule has 0 aliphatic heterocycles. The number of anilines is 1. The van der Waals surface area contributed by atoms with E-state index in [0.717, 1.165) is 23.0 Å². The van der Waals surface area contributed by atoms with E-state index in [4.69, 9.17) is 10.7 Å². The van der Waals surface area contributed by atoms with Gasteiger partial charge in [-0.1, -0.05) is 43.2 Å². The Balaban J connectivity index is 1.77. The third kappa shape index (κ3) is 2.22. The van der Waals surface area contributed by atoms with Crippen molar-refractivity contribution in [2.24, 2.45) is 5.92 Å². The highest BCUT2D eigenvalue weighted by Crippen LogP contribution is 2.47. The molecule has 4 rings (SSSR count). The topological polar surface area (TPSA) is 38.9 Å². The fraction of sp³-hybridized carbons (Fsp3) is 0.450. The lowest BCUT2D eigenvalue weighted by Gasteiger charge is -2.36. The largest absolute Gasteiger partial charge is 0.398 e. The number of fused-ring (bicyclic) bond motifs is 5. The molecule has 0 saturated carbocycles. The number of para-hydroxylation sites is 1. The fourth-order valence-corrected chi connectivity index (χ4v) is 4.35. The molecule has 0 fully saturated rings. The van der Waals surface area contributed by atoms with Gasteiger partial charge in [0.25, 0.3) is 0 Å². The molecule has 2 bridgehead atoms. The van der Waals surface area contributed by atoms with Crippen LogP contribution in [0, 0.1) is 5.92 Å². The third-order valence-corrected chi connectivity index (χ3v) is 5.33. The number of allylic oxidation sites excluding steroid dienone is 2. The molecule has 22 heavy (non-hydrogen) atoms. The zero-order valence-electron chi connectivity index (χ0n) is 13.3. The van der Waals surface area contributed by atoms with Gasteiger partial charge in [0.2, 0.25) is 0 Å². The molecule has 1 heterocycles. The highest BCUT2D eigenvalue weighted by Gasteiger charge is 2.33. The van der Waals surface area contributed by atoms with Gasteiger partial charge in [-0.2, -0.15) is 0 Å². The average molecular weight is 292 g/mol. The second-order valence-corrected chi connectivity index (χ2v) is 6.93. The standard InChI is InChI=1S/C20H24N2/c1-2-3-6-13-9-14-11-15(10-13)19-18(12-14)22-17-8-5-4-7-16(17)20(19)21/h4-5,7-9,14-15H,2-3,6,10-12H2,1H3,(H2,21,22)/t14-,15+/m0/s1. The summed E-state index contributed by atoms with van der Waals surface area (Å²) >= 11 is 0. The molecular weight excluding hydrogens is 268 g/mol. The molecule has 0 spiro atoms. The Kier molecular flexibility index (Phi) is 3.40. The molecule has 0 radical (unpaired) electrons. The van der Waals surface area contributed by atoms with Gasteiger partial charge in [-0.25, -0.2) is 0 Å². The van der Waals surface area contributed by atoms with Crippen LogP contribution >= 0.6 is 0 Å². The van der Waals surface area contributed by atoms with Crippen molar-refractivity contribution < 1.29 is 0 Å². The third-order valence-electron chi connectivity index (χ3n) is 5.33. The van der Waals surface area contributed by atoms with Gasteiger partial charge in [0.1, 0.15) is 0 Å². The normalized spacial score (nSPS) is 23.2. The first-order chi connectivity index (χ1) is 10.8. The van der Waals surface area contributed by atoms with Gasteiger partial charge in [0.15, 0.2) is 0 Å². The highest BCUT2D eigenvalue weighted by atomic mass is 14.7. The van der Waals surface area contributed by atoms with Crippen molar-refractivity contribution in [2.45, 2.75) is 51.4 Å². The molecule has 2 aliphatic rings. The summed E-state index contributed by atoms with van der Waals surface area (Å²) in [5.74, 6) is 1.26. The van der Waals surface area contributed by atoms with Crippen LogP contribution in [-0.2, 0) is 6.42 Å². The number of unbranched alkanes of at least 4 members (excludes halogenated alkanes) is 1. The first-order valence-corrected chi connectivity index (χ1v) is 8.62. The van der Waals surface area contributed by atoms with Crippen LogP contribution in [0.3, 0.4) is 0 Å². The number of aromatic nitrogens is 1. The molecule has 0 saturated heterocycles. The minimum atomic E-state index is 0.586. The molecule has 0 amide bonds. The summed E-state index contributed by atoms with van der Waals surface area (Å²) < 4.78 is 0. The Morgan fingerprint density at radius 3 is 2.95 bits per heavy atom. The van der Waals surface area contributed by atoms with Gasteiger partial charge in [-0.15, -0.1) is 0 Å². The Hall–Kier alpha value is -1.83. The summed E-state index contributed by atoms with van der Waals surface area (Å²) in [6.45, 7) is 2.27. The number of pyridine rings is 1. The van der Waals surface area contributed by atoms with Crippen molar-refractivity contribution in [3.8, 4) is 0 Å². The molecule has 1 aromatic carbocycles. The first kappa shape index (κ1) is 13.8. The SMILES string of the molecule is CCCCC1=C[C@@H]2Cc3nc4ccccc4c(N)c3[C@H](C1)C2. The minimum Gasteiger partial charge on any atom is -0.398 e. The number of nitrogen functional groups attached to an aromatic ring is 1. The zero-order valence-corrected chi connectivity index (χ0v) is 13.3. The zero-order chi connectivity index (χ0) is 15.1. The van der Waals surface area contributed by atoms with E-state index in [1.807, 2.05) is 6.07 Å². The summed E-state index contributed by atoms with van der Waals surface area (Å²) in [5.41, 5.74) is 12.9. The van der Waals surface area contributed by atoms with E-state index in [-0.39, 0.29) is 0 Å². The molecule has 1 aromatic heterocycles. The van der Waals surface area contributed by atoms with Gasteiger partial charge in [-0.3, -0.25) is 4.98 Å². The van der Waals surface area contributed by atoms with E-state index in [2.05, 4.69) is 31.2 Å². The lowest BCUT2D eigenvalue weighted by Crippen LogP contribution is -2.24. The van der Waals surface area contributed by atoms with Crippen molar-refractivity contribution in [1.29, 1.82) is 0 Å². The van der Waals surface area contributed by atoms with Crippen LogP contribution in [0.1, 0.15) is 56.2 Å². The predicted octanol–water partition coefficient (Wildman–Crippen LogP) is 4.98. The summed E-state index contributed by atoms with van der Waals surface area (Å²) in [7, 11) is 0. The Morgan fingerprint density at radius 2 is 2.09 bits per heavy atom. The van der Waals surface area contributed by atoms with Gasteiger partial charge < -0.3 is 5.73 Å². The molecule has 2 aromatic rings. The Bertz CT molecular complexity index is 745. The van der Waals surface area contributed by atoms with E-state index in [1.165, 1.54) is 43.4 Å². The van der Waals surface area contributed by atoms with Gasteiger partial charge in [-0.05, 0) is 50.0 Å². The Labute approximate surface area is 132 Å². The molecular formula is C20H24N2. The van der Waals surface area contributed by atoms with E-state index < -0.39 is 0 Å². The van der Waals surface area contributed by atoms with Crippen LogP contribution in [0.2, 0.25) is 0 Å². The van der Waals surface area contributed by atoms with Gasteiger partial charge >= 0.3 is 0 Å². The van der Waals surface area contributed by atoms with E-state index >= 15 is 0 Å². The number of hydrogen-bond acceptors (Lipinski definition) is 2. The maximum Gasteiger partial charge on any atom is 0.0726 e. The van der Waals surface area contributed by atoms with Crippen LogP contribution in [0.4, 0.5) is 5.69 Å². The number of benzene rings is 1. The summed E-state index contributed by atoms with van der Waals surface area (Å²) in [4.78, 5) is 4.94. The quantitative estimate of drug-likeness (QED) is 0.810. The first-order valence-electron chi connectivity index (χ1n) is 8.62. The lowest BCUT2D eigenvalue weighted by atomic mass is 9.70. The van der Waals surface area contributed by atoms with Crippen molar-refractivity contribution in [3.05, 3.63) is 47.2 Å². The number of hydrogen-bond donors (Lipinski definition) is 1. The highest BCUT2D eigenvalue weighted by molar-refractivity contribution is 5.92. The van der Waals surface area contributed by atoms with Crippen LogP contribution in [0.5, 0.6) is 0 Å². The summed E-state index contributed by atoms with van der Waals surface area (Å²) in [6.07, 6.45) is 9.90. The maximum absolute atomic E-state index is 6.56. The predicted molar refractivity (Wildman–Crippen MR) is 92.9 cm³/mol. The molecule has 2 N–H and O–H groups in total. The second kappa shape index (κ2) is 5.42. The molecule has 2 heteroatoms. The van der Waals surface area contributed by atoms with Crippen LogP contribution in [-0.4, -0.2) is 4.98 Å². The Morgan fingerprint density at radius 1 is 1.23 bits per heavy atom. The minimum absolute atomic E-state index is 0.586. The van der Waals surface area contributed by atoms with Gasteiger partial charge in [0.05, 0.1) is 5.52 Å². The summed E-state index contributed by atoms with van der Waals surface area (Å²) in [5, 5.41) is 1.13. The number of nitrogens with two attached hydrogens (primary N) is 1. The van der Waals surface area contributed by atoms with Crippen LogP contribution in [0.25, 0.3) is 10.9 Å². The summed E-state index contributed by atoms with van der Waals surface area (Å²) in [6, 6.07) is 8.30. The monoisotopic (exact) mass is 292 g/mol. The molecule has 2 nitrogen and oxygen atoms in total. The van der Waals surface area contributed by atoms with E-state index in [0.29, 0.717) is 11.8 Å². The molecule has 0 unspecified atom stereocenters. The fourth-order valence-electron chi connectivity index (χ4n) is 4.35. The van der Waals surface area contributed by atoms with Crippen molar-refractivity contribution in [3.63, 3.8) is 0 Å².